The van der Waals surface area contributed by atoms with Crippen LogP contribution < -0.4 is 10.6 Å². The summed E-state index contributed by atoms with van der Waals surface area (Å²) in [5.41, 5.74) is -0.682. The molecule has 0 aromatic carbocycles. The molecule has 58 valence electrons. The van der Waals surface area contributed by atoms with E-state index in [4.69, 9.17) is 0 Å². The van der Waals surface area contributed by atoms with Gasteiger partial charge < -0.3 is 0 Å². The molecule has 0 radical (unpaired) electrons. The van der Waals surface area contributed by atoms with Gasteiger partial charge in [-0.1, -0.05) is 0 Å². The monoisotopic (exact) mass is 158 g/mol. The first-order chi connectivity index (χ1) is 5.15. The van der Waals surface area contributed by atoms with Crippen LogP contribution in [0.3, 0.4) is 0 Å². The van der Waals surface area contributed by atoms with Crippen LogP contribution in [0.25, 0.3) is 0 Å². The van der Waals surface area contributed by atoms with E-state index < -0.39 is 23.8 Å². The van der Waals surface area contributed by atoms with Gasteiger partial charge in [-0.15, -0.1) is 0 Å². The van der Waals surface area contributed by atoms with Crippen LogP contribution in [0.4, 0.5) is 9.18 Å². The number of alkyl halides is 1. The second-order valence-electron chi connectivity index (χ2n) is 1.82. The Hall–Kier alpha value is -1.68. The van der Waals surface area contributed by atoms with E-state index in [2.05, 4.69) is 0 Å². The van der Waals surface area contributed by atoms with Crippen molar-refractivity contribution in [1.82, 2.24) is 10.6 Å². The van der Waals surface area contributed by atoms with Gasteiger partial charge in [0.1, 0.15) is 11.6 Å². The Morgan fingerprint density at radius 2 is 2.00 bits per heavy atom. The first kappa shape index (κ1) is 7.43. The van der Waals surface area contributed by atoms with Crippen LogP contribution in [-0.4, -0.2) is 24.1 Å². The molecular formula is C5H3FN2O3. The minimum Gasteiger partial charge on any atom is -0.299 e. The van der Waals surface area contributed by atoms with Gasteiger partial charge in [-0.3, -0.25) is 15.4 Å². The van der Waals surface area contributed by atoms with Gasteiger partial charge in [0.15, 0.2) is 0 Å². The van der Waals surface area contributed by atoms with Crippen molar-refractivity contribution in [3.8, 4) is 0 Å². The van der Waals surface area contributed by atoms with E-state index in [-0.39, 0.29) is 0 Å². The number of carbonyl (C=O) groups excluding carboxylic acids is 3. The zero-order chi connectivity index (χ0) is 8.43. The van der Waals surface area contributed by atoms with Crippen molar-refractivity contribution in [3.63, 3.8) is 0 Å². The first-order valence-electron chi connectivity index (χ1n) is 2.66. The number of nitrogens with one attached hydrogen (secondary N) is 2. The van der Waals surface area contributed by atoms with Crippen molar-refractivity contribution in [2.24, 2.45) is 0 Å². The van der Waals surface area contributed by atoms with Crippen LogP contribution >= 0.6 is 0 Å². The van der Waals surface area contributed by atoms with Crippen molar-refractivity contribution >= 4 is 17.9 Å². The van der Waals surface area contributed by atoms with E-state index >= 15 is 0 Å². The Morgan fingerprint density at radius 3 is 2.55 bits per heavy atom. The quantitative estimate of drug-likeness (QED) is 0.438. The third kappa shape index (κ3) is 1.25. The molecule has 0 aromatic rings. The molecule has 2 N–H and O–H groups in total. The van der Waals surface area contributed by atoms with Gasteiger partial charge in [0.2, 0.25) is 6.17 Å². The highest BCUT2D eigenvalue weighted by Gasteiger charge is 2.31. The lowest BCUT2D eigenvalue weighted by molar-refractivity contribution is -0.124. The normalized spacial score (nSPS) is 23.7. The molecule has 0 aromatic heterocycles. The van der Waals surface area contributed by atoms with Gasteiger partial charge in [0.05, 0.1) is 0 Å². The van der Waals surface area contributed by atoms with E-state index in [9.17, 15) is 18.8 Å². The van der Waals surface area contributed by atoms with Gasteiger partial charge in [-0.2, -0.15) is 0 Å². The summed E-state index contributed by atoms with van der Waals surface area (Å²) in [5, 5.41) is 3.42. The number of hydrogen-bond acceptors (Lipinski definition) is 3. The number of hydrogen-bond donors (Lipinski definition) is 2. The summed E-state index contributed by atoms with van der Waals surface area (Å²) in [6, 6.07) is -0.915. The summed E-state index contributed by atoms with van der Waals surface area (Å²) >= 11 is 0. The standard InChI is InChI=1S/C5H3FN2O3/c6-3-2(1-9)7-5(11)8-4(3)10/h3H,(H2,7,8,10,11). The Morgan fingerprint density at radius 1 is 1.36 bits per heavy atom. The fraction of sp³-hybridized carbons (Fsp3) is 0.200. The lowest BCUT2D eigenvalue weighted by Crippen LogP contribution is -2.52. The number of halogens is 1. The smallest absolute Gasteiger partial charge is 0.299 e. The van der Waals surface area contributed by atoms with Crippen LogP contribution in [-0.2, 0) is 9.59 Å². The average molecular weight is 158 g/mol. The summed E-state index contributed by atoms with van der Waals surface area (Å²) in [4.78, 5) is 30.7. The summed E-state index contributed by atoms with van der Waals surface area (Å²) in [7, 11) is 0. The van der Waals surface area contributed by atoms with E-state index in [1.807, 2.05) is 0 Å². The Labute approximate surface area is 60.3 Å². The van der Waals surface area contributed by atoms with Gasteiger partial charge in [0.25, 0.3) is 5.91 Å². The molecule has 1 rings (SSSR count). The van der Waals surface area contributed by atoms with Crippen LogP contribution in [0.5, 0.6) is 0 Å². The first-order valence-corrected chi connectivity index (χ1v) is 2.66. The molecule has 0 bridgehead atoms. The largest absolute Gasteiger partial charge is 0.326 e. The minimum absolute atomic E-state index is 0.682. The van der Waals surface area contributed by atoms with Gasteiger partial charge in [-0.05, 0) is 0 Å². The van der Waals surface area contributed by atoms with Crippen molar-refractivity contribution in [2.75, 3.05) is 0 Å². The lowest BCUT2D eigenvalue weighted by atomic mass is 10.2. The lowest BCUT2D eigenvalue weighted by Gasteiger charge is -2.15. The van der Waals surface area contributed by atoms with E-state index in [1.165, 1.54) is 0 Å². The molecular weight excluding hydrogens is 155 g/mol. The highest BCUT2D eigenvalue weighted by Crippen LogP contribution is 2.03. The predicted molar refractivity (Wildman–Crippen MR) is 30.8 cm³/mol. The number of urea groups is 1. The van der Waals surface area contributed by atoms with Crippen molar-refractivity contribution in [2.45, 2.75) is 6.17 Å². The highest BCUT2D eigenvalue weighted by atomic mass is 19.1. The molecule has 5 nitrogen and oxygen atoms in total. The fourth-order valence-electron chi connectivity index (χ4n) is 0.601. The fourth-order valence-corrected chi connectivity index (χ4v) is 0.601. The summed E-state index contributed by atoms with van der Waals surface area (Å²) in [5.74, 6) is -0.0328. The summed E-state index contributed by atoms with van der Waals surface area (Å²) < 4.78 is 12.5. The maximum Gasteiger partial charge on any atom is 0.326 e. The number of amides is 3. The molecule has 0 saturated carbocycles. The van der Waals surface area contributed by atoms with Crippen LogP contribution in [0.1, 0.15) is 0 Å². The molecule has 1 fully saturated rings. The van der Waals surface area contributed by atoms with Crippen molar-refractivity contribution in [3.05, 3.63) is 5.70 Å². The van der Waals surface area contributed by atoms with E-state index in [1.54, 1.807) is 10.6 Å². The molecule has 1 saturated heterocycles. The van der Waals surface area contributed by atoms with Crippen LogP contribution in [0.15, 0.2) is 5.70 Å². The third-order valence-corrected chi connectivity index (χ3v) is 1.08. The number of imide groups is 1. The average Bonchev–Trinajstić information content (AvgIpc) is 1.96. The highest BCUT2D eigenvalue weighted by molar-refractivity contribution is 6.03. The van der Waals surface area contributed by atoms with Gasteiger partial charge in [-0.25, -0.2) is 14.0 Å². The zero-order valence-electron chi connectivity index (χ0n) is 5.18. The Balaban J connectivity index is 2.92. The summed E-state index contributed by atoms with van der Waals surface area (Å²) in [6.07, 6.45) is -2.12. The zero-order valence-corrected chi connectivity index (χ0v) is 5.18. The van der Waals surface area contributed by atoms with Crippen molar-refractivity contribution in [1.29, 1.82) is 0 Å². The second kappa shape index (κ2) is 2.51. The van der Waals surface area contributed by atoms with E-state index in [0.29, 0.717) is 0 Å². The Kier molecular flexibility index (Phi) is 1.70. The molecule has 3 amide bonds. The van der Waals surface area contributed by atoms with Gasteiger partial charge in [0, 0.05) is 0 Å². The molecule has 1 aliphatic rings. The van der Waals surface area contributed by atoms with Crippen LogP contribution in [0.2, 0.25) is 0 Å². The molecule has 1 atom stereocenters. The topological polar surface area (TPSA) is 75.3 Å². The SMILES string of the molecule is O=C=C1NC(=O)NC(=O)C1F. The van der Waals surface area contributed by atoms with E-state index in [0.717, 1.165) is 5.94 Å². The number of carbonyl (C=O) groups is 2. The summed E-state index contributed by atoms with van der Waals surface area (Å²) in [6.45, 7) is 0. The van der Waals surface area contributed by atoms with Crippen molar-refractivity contribution < 1.29 is 18.8 Å². The molecule has 1 aliphatic heterocycles. The maximum atomic E-state index is 12.5. The van der Waals surface area contributed by atoms with Gasteiger partial charge >= 0.3 is 6.03 Å². The molecule has 0 spiro atoms. The third-order valence-electron chi connectivity index (χ3n) is 1.08. The minimum atomic E-state index is -2.12. The molecule has 0 aliphatic carbocycles. The molecule has 1 unspecified atom stereocenters. The number of rotatable bonds is 0. The molecule has 11 heavy (non-hydrogen) atoms. The van der Waals surface area contributed by atoms with Crippen LogP contribution in [0, 0.1) is 0 Å². The molecule has 1 heterocycles. The second-order valence-corrected chi connectivity index (χ2v) is 1.82. The molecule has 6 heteroatoms. The maximum absolute atomic E-state index is 12.5. The Bertz CT molecular complexity index is 269. The predicted octanol–water partition coefficient (Wildman–Crippen LogP) is -1.12.